The van der Waals surface area contributed by atoms with Gasteiger partial charge in [0.25, 0.3) is 0 Å². The predicted octanol–water partition coefficient (Wildman–Crippen LogP) is 0.745. The number of nitrogens with one attached hydrogen (secondary N) is 2. The third-order valence-corrected chi connectivity index (χ3v) is 5.47. The zero-order valence-corrected chi connectivity index (χ0v) is 17.8. The van der Waals surface area contributed by atoms with Crippen molar-refractivity contribution >= 4 is 5.96 Å². The van der Waals surface area contributed by atoms with E-state index in [0.29, 0.717) is 19.1 Å². The Morgan fingerprint density at radius 3 is 2.70 bits per heavy atom. The summed E-state index contributed by atoms with van der Waals surface area (Å²) in [6.07, 6.45) is 2.64. The lowest BCUT2D eigenvalue weighted by Crippen LogP contribution is -2.50. The van der Waals surface area contributed by atoms with Gasteiger partial charge in [0.2, 0.25) is 0 Å². The van der Waals surface area contributed by atoms with Gasteiger partial charge < -0.3 is 20.5 Å². The maximum Gasteiger partial charge on any atom is 0.191 e. The van der Waals surface area contributed by atoms with Gasteiger partial charge in [-0.15, -0.1) is 0 Å². The molecule has 158 valence electrons. The van der Waals surface area contributed by atoms with E-state index >= 15 is 0 Å². The van der Waals surface area contributed by atoms with Gasteiger partial charge in [-0.3, -0.25) is 14.8 Å². The van der Waals surface area contributed by atoms with Crippen LogP contribution in [0.2, 0.25) is 0 Å². The van der Waals surface area contributed by atoms with Crippen molar-refractivity contribution in [3.63, 3.8) is 0 Å². The molecule has 2 aliphatic rings. The summed E-state index contributed by atoms with van der Waals surface area (Å²) in [5.41, 5.74) is -0.840. The molecule has 0 aliphatic carbocycles. The van der Waals surface area contributed by atoms with Gasteiger partial charge in [-0.25, -0.2) is 0 Å². The number of hydrogen-bond donors (Lipinski definition) is 3. The fourth-order valence-electron chi connectivity index (χ4n) is 3.88. The van der Waals surface area contributed by atoms with E-state index in [9.17, 15) is 5.11 Å². The number of aliphatic hydroxyl groups is 1. The van der Waals surface area contributed by atoms with Crippen molar-refractivity contribution in [2.45, 2.75) is 52.2 Å². The number of nitrogens with zero attached hydrogens (tertiary/aromatic N) is 3. The Kier molecular flexibility index (Phi) is 9.29. The van der Waals surface area contributed by atoms with Crippen LogP contribution < -0.4 is 10.6 Å². The molecule has 3 N–H and O–H groups in total. The second kappa shape index (κ2) is 11.2. The van der Waals surface area contributed by atoms with Crippen molar-refractivity contribution in [2.24, 2.45) is 10.9 Å². The van der Waals surface area contributed by atoms with Gasteiger partial charge in [-0.05, 0) is 46.1 Å². The Hall–Kier alpha value is -0.890. The fraction of sp³-hybridized carbons (Fsp3) is 0.950. The van der Waals surface area contributed by atoms with Crippen molar-refractivity contribution in [2.75, 3.05) is 65.6 Å². The molecule has 0 aromatic heterocycles. The number of likely N-dealkylation sites (tertiary alicyclic amines) is 1. The fourth-order valence-corrected chi connectivity index (χ4v) is 3.88. The zero-order valence-electron chi connectivity index (χ0n) is 17.8. The minimum absolute atomic E-state index is 0.384. The van der Waals surface area contributed by atoms with Crippen molar-refractivity contribution in [3.05, 3.63) is 0 Å². The molecule has 7 heteroatoms. The first-order valence-corrected chi connectivity index (χ1v) is 10.7. The van der Waals surface area contributed by atoms with E-state index in [1.54, 1.807) is 0 Å². The van der Waals surface area contributed by atoms with E-state index in [2.05, 4.69) is 46.2 Å². The third-order valence-electron chi connectivity index (χ3n) is 5.47. The summed E-state index contributed by atoms with van der Waals surface area (Å²) in [6, 6.07) is 0.477. The lowest BCUT2D eigenvalue weighted by atomic mass is 9.99. The summed E-state index contributed by atoms with van der Waals surface area (Å²) >= 11 is 0. The maximum atomic E-state index is 10.7. The second-order valence-electron chi connectivity index (χ2n) is 8.55. The van der Waals surface area contributed by atoms with Crippen LogP contribution in [0.15, 0.2) is 4.99 Å². The zero-order chi connectivity index (χ0) is 19.7. The Morgan fingerprint density at radius 2 is 2.04 bits per heavy atom. The highest BCUT2D eigenvalue weighted by Gasteiger charge is 2.25. The lowest BCUT2D eigenvalue weighted by Gasteiger charge is -2.36. The van der Waals surface area contributed by atoms with Crippen LogP contribution in [-0.4, -0.2) is 98.1 Å². The third kappa shape index (κ3) is 8.34. The van der Waals surface area contributed by atoms with Crippen LogP contribution in [-0.2, 0) is 4.74 Å². The van der Waals surface area contributed by atoms with Crippen LogP contribution in [0.5, 0.6) is 0 Å². The highest BCUT2D eigenvalue weighted by molar-refractivity contribution is 5.79. The summed E-state index contributed by atoms with van der Waals surface area (Å²) in [5.74, 6) is 1.58. The van der Waals surface area contributed by atoms with Crippen molar-refractivity contribution in [1.29, 1.82) is 0 Å². The summed E-state index contributed by atoms with van der Waals surface area (Å²) in [6.45, 7) is 16.9. The van der Waals surface area contributed by atoms with E-state index < -0.39 is 5.60 Å². The number of β-amino-alcohol motifs (C(OH)–C–C–N with tert-alkyl or cyclic N) is 1. The maximum absolute atomic E-state index is 10.7. The molecule has 3 unspecified atom stereocenters. The molecule has 0 saturated carbocycles. The molecule has 3 atom stereocenters. The molecule has 0 aromatic rings. The van der Waals surface area contributed by atoms with E-state index in [-0.39, 0.29) is 0 Å². The summed E-state index contributed by atoms with van der Waals surface area (Å²) in [5, 5.41) is 17.5. The normalized spacial score (nSPS) is 26.4. The van der Waals surface area contributed by atoms with Crippen LogP contribution in [0.4, 0.5) is 0 Å². The summed E-state index contributed by atoms with van der Waals surface area (Å²) < 4.78 is 5.38. The first-order valence-electron chi connectivity index (χ1n) is 10.7. The number of aliphatic imine (C=N–C) groups is 1. The molecule has 7 nitrogen and oxygen atoms in total. The average molecular weight is 384 g/mol. The SMILES string of the molecule is CCNC(=NCC(C)(O)CN1CCOCC1)NCC(C)N1CCCC(C)C1. The Balaban J connectivity index is 1.81. The molecular weight excluding hydrogens is 342 g/mol. The molecule has 0 aromatic carbocycles. The Morgan fingerprint density at radius 1 is 1.30 bits per heavy atom. The van der Waals surface area contributed by atoms with Crippen LogP contribution in [0.3, 0.4) is 0 Å². The predicted molar refractivity (Wildman–Crippen MR) is 111 cm³/mol. The van der Waals surface area contributed by atoms with Gasteiger partial charge in [0.05, 0.1) is 25.4 Å². The van der Waals surface area contributed by atoms with E-state index in [1.807, 2.05) is 6.92 Å². The van der Waals surface area contributed by atoms with Gasteiger partial charge >= 0.3 is 0 Å². The minimum atomic E-state index is -0.840. The quantitative estimate of drug-likeness (QED) is 0.424. The van der Waals surface area contributed by atoms with E-state index in [4.69, 9.17) is 4.74 Å². The second-order valence-corrected chi connectivity index (χ2v) is 8.55. The molecule has 2 saturated heterocycles. The number of piperidine rings is 1. The highest BCUT2D eigenvalue weighted by Crippen LogP contribution is 2.17. The molecule has 2 heterocycles. The minimum Gasteiger partial charge on any atom is -0.387 e. The first-order chi connectivity index (χ1) is 12.9. The van der Waals surface area contributed by atoms with Crippen LogP contribution >= 0.6 is 0 Å². The number of hydrogen-bond acceptors (Lipinski definition) is 5. The molecule has 0 radical (unpaired) electrons. The molecule has 27 heavy (non-hydrogen) atoms. The van der Waals surface area contributed by atoms with Gasteiger partial charge in [-0.2, -0.15) is 0 Å². The van der Waals surface area contributed by atoms with Crippen LogP contribution in [0.1, 0.15) is 40.5 Å². The number of morpholine rings is 1. The molecular formula is C20H41N5O2. The molecule has 0 amide bonds. The van der Waals surface area contributed by atoms with Gasteiger partial charge in [0.1, 0.15) is 0 Å². The molecule has 2 aliphatic heterocycles. The number of rotatable bonds is 8. The van der Waals surface area contributed by atoms with E-state index in [0.717, 1.165) is 51.3 Å². The summed E-state index contributed by atoms with van der Waals surface area (Å²) in [7, 11) is 0. The summed E-state index contributed by atoms with van der Waals surface area (Å²) in [4.78, 5) is 9.47. The van der Waals surface area contributed by atoms with Gasteiger partial charge in [0.15, 0.2) is 5.96 Å². The lowest BCUT2D eigenvalue weighted by molar-refractivity contribution is -0.0180. The molecule has 0 bridgehead atoms. The Labute approximate surface area is 165 Å². The van der Waals surface area contributed by atoms with E-state index in [1.165, 1.54) is 25.9 Å². The first kappa shape index (κ1) is 22.4. The highest BCUT2D eigenvalue weighted by atomic mass is 16.5. The average Bonchev–Trinajstić information content (AvgIpc) is 2.64. The topological polar surface area (TPSA) is 72.4 Å². The van der Waals surface area contributed by atoms with Gasteiger partial charge in [0, 0.05) is 45.3 Å². The number of ether oxygens (including phenoxy) is 1. The smallest absolute Gasteiger partial charge is 0.191 e. The van der Waals surface area contributed by atoms with Crippen molar-refractivity contribution in [1.82, 2.24) is 20.4 Å². The van der Waals surface area contributed by atoms with Crippen LogP contribution in [0, 0.1) is 5.92 Å². The largest absolute Gasteiger partial charge is 0.387 e. The molecule has 0 spiro atoms. The monoisotopic (exact) mass is 383 g/mol. The van der Waals surface area contributed by atoms with Crippen LogP contribution in [0.25, 0.3) is 0 Å². The molecule has 2 rings (SSSR count). The van der Waals surface area contributed by atoms with Crippen molar-refractivity contribution in [3.8, 4) is 0 Å². The molecule has 2 fully saturated rings. The number of guanidine groups is 1. The standard InChI is InChI=1S/C20H41N5O2/c1-5-21-19(22-13-18(3)25-8-6-7-17(2)14-25)23-15-20(4,26)16-24-9-11-27-12-10-24/h17-18,26H,5-16H2,1-4H3,(H2,21,22,23). The van der Waals surface area contributed by atoms with Crippen molar-refractivity contribution < 1.29 is 9.84 Å². The van der Waals surface area contributed by atoms with Gasteiger partial charge in [-0.1, -0.05) is 6.92 Å². The Bertz CT molecular complexity index is 452.